The second kappa shape index (κ2) is 13.1. The molecule has 0 spiro atoms. The van der Waals surface area contributed by atoms with Crippen molar-refractivity contribution < 1.29 is 29.1 Å². The molecule has 0 atom stereocenters. The smallest absolute Gasteiger partial charge is 0.305 e. The van der Waals surface area contributed by atoms with E-state index in [1.807, 2.05) is 30.3 Å². The minimum Gasteiger partial charge on any atom is -0.481 e. The van der Waals surface area contributed by atoms with E-state index in [0.29, 0.717) is 6.61 Å². The van der Waals surface area contributed by atoms with E-state index >= 15 is 0 Å². The zero-order valence-corrected chi connectivity index (χ0v) is 15.1. The normalized spacial score (nSPS) is 10.4. The van der Waals surface area contributed by atoms with Crippen molar-refractivity contribution in [3.8, 4) is 0 Å². The van der Waals surface area contributed by atoms with Crippen molar-refractivity contribution in [3.63, 3.8) is 0 Å². The number of amides is 1. The summed E-state index contributed by atoms with van der Waals surface area (Å²) in [6.45, 7) is 4.10. The summed E-state index contributed by atoms with van der Waals surface area (Å²) in [6.07, 6.45) is 2.76. The van der Waals surface area contributed by atoms with Crippen molar-refractivity contribution in [2.45, 2.75) is 25.9 Å². The molecule has 0 aliphatic carbocycles. The number of nitrogens with zero attached hydrogens (tertiary/aromatic N) is 2. The number of esters is 1. The Morgan fingerprint density at radius 1 is 1.19 bits per heavy atom. The Kier molecular flexibility index (Phi) is 10.6. The van der Waals surface area contributed by atoms with E-state index in [-0.39, 0.29) is 44.9 Å². The Hall–Kier alpha value is -3.16. The number of rotatable bonds is 13. The third kappa shape index (κ3) is 10.4. The number of hydrogen-bond donors (Lipinski definition) is 1. The number of carbonyl (C=O) groups excluding carboxylic acids is 2. The van der Waals surface area contributed by atoms with E-state index < -0.39 is 11.9 Å². The van der Waals surface area contributed by atoms with Crippen molar-refractivity contribution in [3.05, 3.63) is 48.6 Å². The van der Waals surface area contributed by atoms with Crippen LogP contribution in [0.15, 0.2) is 48.1 Å². The number of ether oxygens (including phenoxy) is 1. The molecule has 1 rings (SSSR count). The van der Waals surface area contributed by atoms with Crippen LogP contribution < -0.4 is 0 Å². The first kappa shape index (κ1) is 21.9. The van der Waals surface area contributed by atoms with Gasteiger partial charge in [-0.25, -0.2) is 0 Å². The first-order valence-corrected chi connectivity index (χ1v) is 8.49. The molecule has 27 heavy (non-hydrogen) atoms. The molecule has 8 nitrogen and oxygen atoms in total. The van der Waals surface area contributed by atoms with Crippen molar-refractivity contribution in [2.24, 2.45) is 5.16 Å². The highest BCUT2D eigenvalue weighted by Crippen LogP contribution is 2.01. The molecule has 0 bridgehead atoms. The molecule has 8 heteroatoms. The predicted octanol–water partition coefficient (Wildman–Crippen LogP) is 2.00. The molecular weight excluding hydrogens is 352 g/mol. The summed E-state index contributed by atoms with van der Waals surface area (Å²) < 4.78 is 5.00. The van der Waals surface area contributed by atoms with Gasteiger partial charge in [0.2, 0.25) is 5.91 Å². The van der Waals surface area contributed by atoms with Gasteiger partial charge in [-0.2, -0.15) is 0 Å². The second-order valence-corrected chi connectivity index (χ2v) is 5.50. The summed E-state index contributed by atoms with van der Waals surface area (Å²) in [5, 5.41) is 12.3. The standard InChI is InChI=1S/C19H24N2O6/c1-2-17(22)21(13-14-26-19(25)10-6-9-18(23)24)12-11-20-27-15-16-7-4-3-5-8-16/h2-5,7-8,11H,1,6,9-10,12-15H2,(H,23,24)/b20-11+. The summed E-state index contributed by atoms with van der Waals surface area (Å²) >= 11 is 0. The van der Waals surface area contributed by atoms with Gasteiger partial charge in [-0.05, 0) is 18.1 Å². The quantitative estimate of drug-likeness (QED) is 0.244. The fraction of sp³-hybridized carbons (Fsp3) is 0.368. The average molecular weight is 376 g/mol. The van der Waals surface area contributed by atoms with Crippen LogP contribution in [0, 0.1) is 0 Å². The largest absolute Gasteiger partial charge is 0.481 e. The summed E-state index contributed by atoms with van der Waals surface area (Å²) in [5.74, 6) is -1.78. The van der Waals surface area contributed by atoms with Crippen molar-refractivity contribution >= 4 is 24.1 Å². The maximum Gasteiger partial charge on any atom is 0.305 e. The minimum absolute atomic E-state index is 0.00416. The molecule has 0 heterocycles. The van der Waals surface area contributed by atoms with Gasteiger partial charge in [0.1, 0.15) is 13.2 Å². The molecule has 0 aliphatic heterocycles. The van der Waals surface area contributed by atoms with Crippen LogP contribution >= 0.6 is 0 Å². The molecule has 1 aromatic carbocycles. The Bertz CT molecular complexity index is 645. The van der Waals surface area contributed by atoms with Gasteiger partial charge in [-0.3, -0.25) is 14.4 Å². The number of carboxylic acid groups (broad SMARTS) is 1. The van der Waals surface area contributed by atoms with Crippen LogP contribution in [0.25, 0.3) is 0 Å². The lowest BCUT2D eigenvalue weighted by molar-refractivity contribution is -0.145. The molecule has 0 aromatic heterocycles. The molecule has 0 saturated heterocycles. The Labute approximate surface area is 158 Å². The zero-order chi connectivity index (χ0) is 19.9. The van der Waals surface area contributed by atoms with Gasteiger partial charge < -0.3 is 19.6 Å². The lowest BCUT2D eigenvalue weighted by atomic mass is 10.2. The Balaban J connectivity index is 2.30. The summed E-state index contributed by atoms with van der Waals surface area (Å²) in [4.78, 5) is 40.3. The van der Waals surface area contributed by atoms with Gasteiger partial charge in [-0.1, -0.05) is 42.1 Å². The van der Waals surface area contributed by atoms with Crippen molar-refractivity contribution in [1.29, 1.82) is 0 Å². The first-order chi connectivity index (χ1) is 13.0. The van der Waals surface area contributed by atoms with Crippen LogP contribution in [0.4, 0.5) is 0 Å². The monoisotopic (exact) mass is 376 g/mol. The molecule has 146 valence electrons. The van der Waals surface area contributed by atoms with Crippen LogP contribution in [0.2, 0.25) is 0 Å². The third-order valence-corrected chi connectivity index (χ3v) is 3.41. The number of oxime groups is 1. The number of carboxylic acids is 1. The maximum absolute atomic E-state index is 11.8. The highest BCUT2D eigenvalue weighted by molar-refractivity contribution is 5.88. The lowest BCUT2D eigenvalue weighted by Gasteiger charge is -2.18. The average Bonchev–Trinajstić information content (AvgIpc) is 2.66. The van der Waals surface area contributed by atoms with E-state index in [2.05, 4.69) is 11.7 Å². The SMILES string of the molecule is C=CC(=O)N(C/C=N/OCc1ccccc1)CCOC(=O)CCCC(=O)O. The lowest BCUT2D eigenvalue weighted by Crippen LogP contribution is -2.34. The summed E-state index contributed by atoms with van der Waals surface area (Å²) in [5.41, 5.74) is 0.975. The van der Waals surface area contributed by atoms with Gasteiger partial charge in [0.15, 0.2) is 0 Å². The molecule has 0 unspecified atom stereocenters. The van der Waals surface area contributed by atoms with Gasteiger partial charge in [0, 0.05) is 12.8 Å². The van der Waals surface area contributed by atoms with Crippen LogP contribution in [-0.2, 0) is 30.6 Å². The Morgan fingerprint density at radius 3 is 2.59 bits per heavy atom. The van der Waals surface area contributed by atoms with Gasteiger partial charge in [0.05, 0.1) is 19.3 Å². The van der Waals surface area contributed by atoms with Crippen LogP contribution in [-0.4, -0.2) is 53.8 Å². The molecule has 0 fully saturated rings. The van der Waals surface area contributed by atoms with Crippen LogP contribution in [0.3, 0.4) is 0 Å². The fourth-order valence-corrected chi connectivity index (χ4v) is 2.02. The fourth-order valence-electron chi connectivity index (χ4n) is 2.02. The van der Waals surface area contributed by atoms with Crippen molar-refractivity contribution in [1.82, 2.24) is 4.90 Å². The highest BCUT2D eigenvalue weighted by atomic mass is 16.6. The van der Waals surface area contributed by atoms with E-state index in [4.69, 9.17) is 14.7 Å². The minimum atomic E-state index is -0.959. The molecule has 1 amide bonds. The number of hydrogen-bond acceptors (Lipinski definition) is 6. The van der Waals surface area contributed by atoms with Gasteiger partial charge >= 0.3 is 11.9 Å². The van der Waals surface area contributed by atoms with Gasteiger partial charge in [0.25, 0.3) is 0 Å². The predicted molar refractivity (Wildman–Crippen MR) is 98.9 cm³/mol. The second-order valence-electron chi connectivity index (χ2n) is 5.50. The van der Waals surface area contributed by atoms with Gasteiger partial charge in [-0.15, -0.1) is 0 Å². The molecule has 1 N–H and O–H groups in total. The molecule has 0 saturated carbocycles. The summed E-state index contributed by atoms with van der Waals surface area (Å²) in [7, 11) is 0. The van der Waals surface area contributed by atoms with E-state index in [1.165, 1.54) is 11.1 Å². The number of carbonyl (C=O) groups is 3. The number of aliphatic carboxylic acids is 1. The molecular formula is C19H24N2O6. The van der Waals surface area contributed by atoms with E-state index in [1.54, 1.807) is 0 Å². The molecule has 0 radical (unpaired) electrons. The molecule has 1 aromatic rings. The van der Waals surface area contributed by atoms with Crippen LogP contribution in [0.1, 0.15) is 24.8 Å². The highest BCUT2D eigenvalue weighted by Gasteiger charge is 2.11. The topological polar surface area (TPSA) is 106 Å². The van der Waals surface area contributed by atoms with E-state index in [0.717, 1.165) is 11.6 Å². The maximum atomic E-state index is 11.8. The number of benzene rings is 1. The summed E-state index contributed by atoms with van der Waals surface area (Å²) in [6, 6.07) is 9.53. The van der Waals surface area contributed by atoms with Crippen molar-refractivity contribution in [2.75, 3.05) is 19.7 Å². The van der Waals surface area contributed by atoms with Crippen LogP contribution in [0.5, 0.6) is 0 Å². The van der Waals surface area contributed by atoms with E-state index in [9.17, 15) is 14.4 Å². The third-order valence-electron chi connectivity index (χ3n) is 3.41. The zero-order valence-electron chi connectivity index (χ0n) is 15.1. The molecule has 0 aliphatic rings. The Morgan fingerprint density at radius 2 is 1.93 bits per heavy atom. The first-order valence-electron chi connectivity index (χ1n) is 8.49.